The summed E-state index contributed by atoms with van der Waals surface area (Å²) in [6.07, 6.45) is 0.959. The van der Waals surface area contributed by atoms with Crippen molar-refractivity contribution in [2.75, 3.05) is 6.26 Å². The third-order valence-electron chi connectivity index (χ3n) is 2.65. The first-order valence-corrected chi connectivity index (χ1v) is 7.45. The molecule has 94 valence electrons. The Bertz CT molecular complexity index is 564. The van der Waals surface area contributed by atoms with Crippen LogP contribution >= 0.6 is 15.9 Å². The molecular formula is C11H12BrFO3S. The van der Waals surface area contributed by atoms with Gasteiger partial charge in [0, 0.05) is 10.7 Å². The lowest BCUT2D eigenvalue weighted by molar-refractivity contribution is 0.0950. The van der Waals surface area contributed by atoms with Crippen LogP contribution in [0.3, 0.4) is 0 Å². The molecule has 1 aromatic carbocycles. The smallest absolute Gasteiger partial charge is 0.186 e. The Kier molecular flexibility index (Phi) is 3.78. The normalized spacial score (nSPS) is 12.5. The highest BCUT2D eigenvalue weighted by Crippen LogP contribution is 2.25. The van der Waals surface area contributed by atoms with Gasteiger partial charge in [-0.2, -0.15) is 0 Å². The molecule has 0 heterocycles. The maximum atomic E-state index is 13.5. The van der Waals surface area contributed by atoms with Crippen LogP contribution in [0.5, 0.6) is 0 Å². The highest BCUT2D eigenvalue weighted by Gasteiger charge is 2.39. The minimum Gasteiger partial charge on any atom is -0.292 e. The molecule has 6 heteroatoms. The van der Waals surface area contributed by atoms with Gasteiger partial charge in [-0.25, -0.2) is 12.8 Å². The first kappa shape index (κ1) is 14.3. The lowest BCUT2D eigenvalue weighted by Crippen LogP contribution is -2.40. The number of rotatable bonds is 3. The Balaban J connectivity index is 3.36. The van der Waals surface area contributed by atoms with Crippen molar-refractivity contribution in [1.82, 2.24) is 0 Å². The van der Waals surface area contributed by atoms with Gasteiger partial charge < -0.3 is 0 Å². The molecule has 0 amide bonds. The van der Waals surface area contributed by atoms with Crippen LogP contribution in [0.2, 0.25) is 0 Å². The Hall–Kier alpha value is -0.750. The van der Waals surface area contributed by atoms with Gasteiger partial charge in [0.15, 0.2) is 15.6 Å². The van der Waals surface area contributed by atoms with E-state index in [2.05, 4.69) is 15.9 Å². The van der Waals surface area contributed by atoms with Crippen LogP contribution in [-0.2, 0) is 9.84 Å². The van der Waals surface area contributed by atoms with Crippen LogP contribution in [0.25, 0.3) is 0 Å². The Labute approximate surface area is 108 Å². The highest BCUT2D eigenvalue weighted by atomic mass is 79.9. The summed E-state index contributed by atoms with van der Waals surface area (Å²) in [6, 6.07) is 3.85. The molecule has 0 aliphatic rings. The molecule has 0 unspecified atom stereocenters. The van der Waals surface area contributed by atoms with Crippen LogP contribution in [0.4, 0.5) is 4.39 Å². The van der Waals surface area contributed by atoms with Gasteiger partial charge in [0.05, 0.1) is 5.56 Å². The summed E-state index contributed by atoms with van der Waals surface area (Å²) in [4.78, 5) is 12.0. The molecule has 1 aromatic rings. The van der Waals surface area contributed by atoms with Crippen molar-refractivity contribution in [2.24, 2.45) is 0 Å². The van der Waals surface area contributed by atoms with Gasteiger partial charge in [0.2, 0.25) is 0 Å². The predicted molar refractivity (Wildman–Crippen MR) is 67.4 cm³/mol. The summed E-state index contributed by atoms with van der Waals surface area (Å²) in [5.41, 5.74) is -0.227. The monoisotopic (exact) mass is 322 g/mol. The highest BCUT2D eigenvalue weighted by molar-refractivity contribution is 9.10. The van der Waals surface area contributed by atoms with E-state index in [1.807, 2.05) is 0 Å². The van der Waals surface area contributed by atoms with Crippen molar-refractivity contribution in [3.63, 3.8) is 0 Å². The number of sulfone groups is 1. The molecule has 0 atom stereocenters. The minimum absolute atomic E-state index is 0.227. The van der Waals surface area contributed by atoms with E-state index in [9.17, 15) is 17.6 Å². The van der Waals surface area contributed by atoms with E-state index in [4.69, 9.17) is 0 Å². The van der Waals surface area contributed by atoms with E-state index in [-0.39, 0.29) is 5.56 Å². The average molecular weight is 323 g/mol. The van der Waals surface area contributed by atoms with Crippen molar-refractivity contribution in [2.45, 2.75) is 18.6 Å². The third kappa shape index (κ3) is 2.74. The molecule has 17 heavy (non-hydrogen) atoms. The fourth-order valence-electron chi connectivity index (χ4n) is 1.16. The molecule has 0 N–H and O–H groups in total. The molecule has 0 fully saturated rings. The van der Waals surface area contributed by atoms with Gasteiger partial charge in [-0.15, -0.1) is 0 Å². The largest absolute Gasteiger partial charge is 0.292 e. The summed E-state index contributed by atoms with van der Waals surface area (Å²) in [7, 11) is -3.61. The number of ketones is 1. The fraction of sp³-hybridized carbons (Fsp3) is 0.364. The second-order valence-corrected chi connectivity index (χ2v) is 7.72. The van der Waals surface area contributed by atoms with Crippen molar-refractivity contribution in [1.29, 1.82) is 0 Å². The lowest BCUT2D eigenvalue weighted by Gasteiger charge is -2.21. The quantitative estimate of drug-likeness (QED) is 0.804. The van der Waals surface area contributed by atoms with Crippen LogP contribution < -0.4 is 0 Å². The standard InChI is InChI=1S/C11H12BrFO3S/c1-11(2,17(3,15)16)10(14)8-6-7(12)4-5-9(8)13/h4-6H,1-3H3. The van der Waals surface area contributed by atoms with E-state index >= 15 is 0 Å². The number of carbonyl (C=O) groups excluding carboxylic acids is 1. The second kappa shape index (κ2) is 4.49. The second-order valence-electron chi connectivity index (χ2n) is 4.24. The average Bonchev–Trinajstić information content (AvgIpc) is 2.19. The number of benzene rings is 1. The van der Waals surface area contributed by atoms with Crippen molar-refractivity contribution >= 4 is 31.6 Å². The van der Waals surface area contributed by atoms with Crippen molar-refractivity contribution in [3.8, 4) is 0 Å². The molecule has 0 radical (unpaired) electrons. The van der Waals surface area contributed by atoms with E-state index in [1.165, 1.54) is 26.0 Å². The number of Topliss-reactive ketones (excluding diaryl/α,β-unsaturated/α-hetero) is 1. The molecule has 0 bridgehead atoms. The third-order valence-corrected chi connectivity index (χ3v) is 5.18. The number of carbonyl (C=O) groups is 1. The van der Waals surface area contributed by atoms with Crippen LogP contribution in [0.15, 0.2) is 22.7 Å². The Morgan fingerprint density at radius 1 is 1.35 bits per heavy atom. The topological polar surface area (TPSA) is 51.2 Å². The van der Waals surface area contributed by atoms with Crippen LogP contribution in [0.1, 0.15) is 24.2 Å². The minimum atomic E-state index is -3.61. The zero-order valence-electron chi connectivity index (χ0n) is 9.62. The van der Waals surface area contributed by atoms with Crippen LogP contribution in [0, 0.1) is 5.82 Å². The fourth-order valence-corrected chi connectivity index (χ4v) is 1.97. The van der Waals surface area contributed by atoms with Gasteiger partial charge in [-0.1, -0.05) is 15.9 Å². The summed E-state index contributed by atoms with van der Waals surface area (Å²) < 4.78 is 35.4. The zero-order valence-corrected chi connectivity index (χ0v) is 12.0. The summed E-state index contributed by atoms with van der Waals surface area (Å²) in [6.45, 7) is 2.54. The molecule has 0 aliphatic heterocycles. The number of hydrogen-bond acceptors (Lipinski definition) is 3. The summed E-state index contributed by atoms with van der Waals surface area (Å²) in [5, 5.41) is 0. The van der Waals surface area contributed by atoms with Gasteiger partial charge in [-0.05, 0) is 32.0 Å². The molecule has 3 nitrogen and oxygen atoms in total. The molecule has 0 saturated heterocycles. The van der Waals surface area contributed by atoms with Gasteiger partial charge >= 0.3 is 0 Å². The molecular weight excluding hydrogens is 311 g/mol. The summed E-state index contributed by atoms with van der Waals surface area (Å²) >= 11 is 3.11. The molecule has 1 rings (SSSR count). The molecule has 0 aromatic heterocycles. The van der Waals surface area contributed by atoms with Gasteiger partial charge in [0.25, 0.3) is 0 Å². The van der Waals surface area contributed by atoms with Gasteiger partial charge in [0.1, 0.15) is 10.6 Å². The summed E-state index contributed by atoms with van der Waals surface area (Å²) in [5.74, 6) is -1.48. The van der Waals surface area contributed by atoms with E-state index in [1.54, 1.807) is 0 Å². The molecule has 0 saturated carbocycles. The zero-order chi connectivity index (χ0) is 13.4. The maximum Gasteiger partial charge on any atom is 0.186 e. The van der Waals surface area contributed by atoms with Crippen molar-refractivity contribution in [3.05, 3.63) is 34.1 Å². The van der Waals surface area contributed by atoms with E-state index in [0.717, 1.165) is 12.3 Å². The van der Waals surface area contributed by atoms with E-state index < -0.39 is 26.2 Å². The SMILES string of the molecule is CC(C)(C(=O)c1cc(Br)ccc1F)S(C)(=O)=O. The molecule has 0 aliphatic carbocycles. The first-order chi connectivity index (χ1) is 7.57. The van der Waals surface area contributed by atoms with Crippen molar-refractivity contribution < 1.29 is 17.6 Å². The van der Waals surface area contributed by atoms with E-state index in [0.29, 0.717) is 4.47 Å². The lowest BCUT2D eigenvalue weighted by atomic mass is 10.00. The number of hydrogen-bond donors (Lipinski definition) is 0. The first-order valence-electron chi connectivity index (χ1n) is 4.77. The predicted octanol–water partition coefficient (Wildman–Crippen LogP) is 2.59. The maximum absolute atomic E-state index is 13.5. The number of halogens is 2. The van der Waals surface area contributed by atoms with Crippen LogP contribution in [-0.4, -0.2) is 25.2 Å². The Morgan fingerprint density at radius 3 is 2.35 bits per heavy atom. The Morgan fingerprint density at radius 2 is 1.88 bits per heavy atom. The van der Waals surface area contributed by atoms with Gasteiger partial charge in [-0.3, -0.25) is 4.79 Å². The molecule has 0 spiro atoms.